The Balaban J connectivity index is 1.52. The normalized spacial score (nSPS) is 16.3. The van der Waals surface area contributed by atoms with E-state index in [1.54, 1.807) is 10.9 Å². The Kier molecular flexibility index (Phi) is 5.27. The highest BCUT2D eigenvalue weighted by atomic mass is 32.1. The van der Waals surface area contributed by atoms with Crippen molar-refractivity contribution >= 4 is 37.6 Å². The average molecular weight is 463 g/mol. The van der Waals surface area contributed by atoms with Gasteiger partial charge in [-0.3, -0.25) is 9.36 Å². The maximum absolute atomic E-state index is 13.5. The number of aromatic nitrogens is 3. The first-order valence-corrected chi connectivity index (χ1v) is 12.5. The summed E-state index contributed by atoms with van der Waals surface area (Å²) in [6, 6.07) is 7.55. The zero-order valence-electron chi connectivity index (χ0n) is 18.7. The highest BCUT2D eigenvalue weighted by Crippen LogP contribution is 2.40. The van der Waals surface area contributed by atoms with Crippen LogP contribution >= 0.6 is 11.3 Å². The Bertz CT molecular complexity index is 1390. The number of aryl methyl sites for hydroxylation is 1. The first kappa shape index (κ1) is 20.6. The Morgan fingerprint density at radius 2 is 1.85 bits per heavy atom. The molecule has 0 amide bonds. The van der Waals surface area contributed by atoms with Crippen molar-refractivity contribution in [3.05, 3.63) is 52.1 Å². The molecule has 1 saturated heterocycles. The second kappa shape index (κ2) is 8.43. The summed E-state index contributed by atoms with van der Waals surface area (Å²) in [5, 5.41) is 1.08. The van der Waals surface area contributed by atoms with Gasteiger partial charge in [0.15, 0.2) is 0 Å². The second-order valence-electron chi connectivity index (χ2n) is 8.51. The Morgan fingerprint density at radius 1 is 1.09 bits per heavy atom. The molecule has 33 heavy (non-hydrogen) atoms. The number of anilines is 1. The molecule has 4 heterocycles. The van der Waals surface area contributed by atoms with E-state index in [0.717, 1.165) is 78.6 Å². The van der Waals surface area contributed by atoms with Crippen LogP contribution < -0.4 is 15.2 Å². The topological polar surface area (TPSA) is 69.5 Å². The molecule has 1 aliphatic heterocycles. The van der Waals surface area contributed by atoms with Crippen LogP contribution in [0.2, 0.25) is 0 Å². The molecule has 170 valence electrons. The number of nitrogens with zero attached hydrogens (tertiary/aromatic N) is 4. The van der Waals surface area contributed by atoms with Crippen LogP contribution in [-0.4, -0.2) is 47.4 Å². The Labute approximate surface area is 195 Å². The number of ether oxygens (including phenoxy) is 2. The molecule has 0 atom stereocenters. The molecule has 0 saturated carbocycles. The van der Waals surface area contributed by atoms with E-state index in [1.165, 1.54) is 28.9 Å². The van der Waals surface area contributed by atoms with Gasteiger partial charge in [0.1, 0.15) is 27.4 Å². The molecule has 1 fully saturated rings. The summed E-state index contributed by atoms with van der Waals surface area (Å²) in [6.07, 6.45) is 6.04. The molecule has 2 aliphatic rings. The SMILES string of the molecule is CCOc1ccc(-n2cnc3c(sc4nc(N5CCOCC5)c5c(c43)CCCC5)c2=O)cc1. The van der Waals surface area contributed by atoms with Crippen molar-refractivity contribution in [3.8, 4) is 11.4 Å². The minimum Gasteiger partial charge on any atom is -0.494 e. The maximum atomic E-state index is 13.5. The van der Waals surface area contributed by atoms with E-state index in [2.05, 4.69) is 4.90 Å². The first-order chi connectivity index (χ1) is 16.2. The van der Waals surface area contributed by atoms with Gasteiger partial charge in [-0.15, -0.1) is 11.3 Å². The summed E-state index contributed by atoms with van der Waals surface area (Å²) in [4.78, 5) is 26.7. The summed E-state index contributed by atoms with van der Waals surface area (Å²) in [7, 11) is 0. The number of fused-ring (bicyclic) bond motifs is 5. The third-order valence-corrected chi connectivity index (χ3v) is 7.62. The Hall–Kier alpha value is -2.97. The van der Waals surface area contributed by atoms with Gasteiger partial charge in [0, 0.05) is 18.5 Å². The molecule has 0 N–H and O–H groups in total. The van der Waals surface area contributed by atoms with Crippen molar-refractivity contribution in [2.45, 2.75) is 32.6 Å². The van der Waals surface area contributed by atoms with E-state index in [9.17, 15) is 4.79 Å². The molecule has 0 unspecified atom stereocenters. The second-order valence-corrected chi connectivity index (χ2v) is 9.50. The highest BCUT2D eigenvalue weighted by molar-refractivity contribution is 7.25. The molecule has 6 rings (SSSR count). The predicted octanol–water partition coefficient (Wildman–Crippen LogP) is 4.11. The van der Waals surface area contributed by atoms with Gasteiger partial charge in [-0.2, -0.15) is 0 Å². The van der Waals surface area contributed by atoms with Crippen molar-refractivity contribution in [3.63, 3.8) is 0 Å². The molecule has 7 nitrogen and oxygen atoms in total. The molecule has 1 aliphatic carbocycles. The summed E-state index contributed by atoms with van der Waals surface area (Å²) in [6.45, 7) is 5.75. The lowest BCUT2D eigenvalue weighted by Gasteiger charge is -2.31. The quantitative estimate of drug-likeness (QED) is 0.455. The monoisotopic (exact) mass is 462 g/mol. The van der Waals surface area contributed by atoms with Crippen LogP contribution in [0.1, 0.15) is 30.9 Å². The standard InChI is InChI=1S/C25H26N4O3S/c1-2-32-17-9-7-16(8-10-17)29-15-26-21-20-18-5-3-4-6-19(18)23(28-11-13-31-14-12-28)27-24(20)33-22(21)25(29)30/h7-10,15H,2-6,11-14H2,1H3. The number of hydrogen-bond acceptors (Lipinski definition) is 7. The number of thiophene rings is 1. The van der Waals surface area contributed by atoms with Crippen LogP contribution in [-0.2, 0) is 17.6 Å². The third kappa shape index (κ3) is 3.48. The van der Waals surface area contributed by atoms with E-state index in [-0.39, 0.29) is 5.56 Å². The number of benzene rings is 1. The maximum Gasteiger partial charge on any atom is 0.275 e. The number of pyridine rings is 1. The molecule has 1 aromatic carbocycles. The summed E-state index contributed by atoms with van der Waals surface area (Å²) >= 11 is 1.47. The summed E-state index contributed by atoms with van der Waals surface area (Å²) < 4.78 is 13.4. The van der Waals surface area contributed by atoms with E-state index >= 15 is 0 Å². The third-order valence-electron chi connectivity index (χ3n) is 6.56. The minimum absolute atomic E-state index is 0.0513. The fraction of sp³-hybridized carbons (Fsp3) is 0.400. The zero-order chi connectivity index (χ0) is 22.4. The van der Waals surface area contributed by atoms with Crippen LogP contribution in [0.15, 0.2) is 35.4 Å². The van der Waals surface area contributed by atoms with Crippen molar-refractivity contribution in [2.75, 3.05) is 37.8 Å². The Morgan fingerprint density at radius 3 is 2.61 bits per heavy atom. The fourth-order valence-corrected chi connectivity index (χ4v) is 6.07. The van der Waals surface area contributed by atoms with Gasteiger partial charge >= 0.3 is 0 Å². The van der Waals surface area contributed by atoms with E-state index < -0.39 is 0 Å². The molecule has 0 spiro atoms. The number of morpholine rings is 1. The number of hydrogen-bond donors (Lipinski definition) is 0. The highest BCUT2D eigenvalue weighted by Gasteiger charge is 2.26. The van der Waals surface area contributed by atoms with Gasteiger partial charge < -0.3 is 14.4 Å². The molecule has 0 radical (unpaired) electrons. The van der Waals surface area contributed by atoms with Crippen molar-refractivity contribution in [2.24, 2.45) is 0 Å². The van der Waals surface area contributed by atoms with Crippen molar-refractivity contribution < 1.29 is 9.47 Å². The number of rotatable bonds is 4. The largest absolute Gasteiger partial charge is 0.494 e. The van der Waals surface area contributed by atoms with Crippen molar-refractivity contribution in [1.29, 1.82) is 0 Å². The van der Waals surface area contributed by atoms with Crippen LogP contribution in [0.3, 0.4) is 0 Å². The van der Waals surface area contributed by atoms with Gasteiger partial charge in [0.25, 0.3) is 5.56 Å². The van der Waals surface area contributed by atoms with Gasteiger partial charge in [-0.05, 0) is 68.0 Å². The lowest BCUT2D eigenvalue weighted by molar-refractivity contribution is 0.122. The molecule has 8 heteroatoms. The van der Waals surface area contributed by atoms with Crippen molar-refractivity contribution in [1.82, 2.24) is 14.5 Å². The molecular weight excluding hydrogens is 436 g/mol. The summed E-state index contributed by atoms with van der Waals surface area (Å²) in [5.41, 5.74) is 4.20. The molecule has 3 aromatic heterocycles. The lowest BCUT2D eigenvalue weighted by Crippen LogP contribution is -2.37. The zero-order valence-corrected chi connectivity index (χ0v) is 19.5. The van der Waals surface area contributed by atoms with Crippen LogP contribution in [0.25, 0.3) is 26.1 Å². The molecule has 0 bridgehead atoms. The van der Waals surface area contributed by atoms with E-state index in [4.69, 9.17) is 19.4 Å². The van der Waals surface area contributed by atoms with Crippen LogP contribution in [0.4, 0.5) is 5.82 Å². The van der Waals surface area contributed by atoms with E-state index in [0.29, 0.717) is 11.3 Å². The van der Waals surface area contributed by atoms with Gasteiger partial charge in [-0.1, -0.05) is 0 Å². The van der Waals surface area contributed by atoms with Gasteiger partial charge in [-0.25, -0.2) is 9.97 Å². The smallest absolute Gasteiger partial charge is 0.275 e. The first-order valence-electron chi connectivity index (χ1n) is 11.7. The van der Waals surface area contributed by atoms with Gasteiger partial charge in [0.05, 0.1) is 31.0 Å². The fourth-order valence-electron chi connectivity index (χ4n) is 4.99. The lowest BCUT2D eigenvalue weighted by atomic mass is 9.90. The van der Waals surface area contributed by atoms with Crippen LogP contribution in [0.5, 0.6) is 5.75 Å². The molecular formula is C25H26N4O3S. The molecule has 4 aromatic rings. The minimum atomic E-state index is -0.0513. The van der Waals surface area contributed by atoms with Gasteiger partial charge in [0.2, 0.25) is 0 Å². The van der Waals surface area contributed by atoms with E-state index in [1.807, 2.05) is 31.2 Å². The van der Waals surface area contributed by atoms with Crippen LogP contribution in [0, 0.1) is 0 Å². The average Bonchev–Trinajstić information content (AvgIpc) is 3.25. The predicted molar refractivity (Wildman–Crippen MR) is 131 cm³/mol. The summed E-state index contributed by atoms with van der Waals surface area (Å²) in [5.74, 6) is 1.87.